The zero-order valence-corrected chi connectivity index (χ0v) is 27.8. The van der Waals surface area contributed by atoms with Crippen LogP contribution in [0.5, 0.6) is 0 Å². The normalized spacial score (nSPS) is 11.4. The van der Waals surface area contributed by atoms with Gasteiger partial charge in [-0.2, -0.15) is 0 Å². The Labute approximate surface area is 276 Å². The van der Waals surface area contributed by atoms with Crippen molar-refractivity contribution < 1.29 is 23.1 Å². The van der Waals surface area contributed by atoms with E-state index >= 15 is 0 Å². The molecule has 47 heavy (non-hydrogen) atoms. The summed E-state index contributed by atoms with van der Waals surface area (Å²) in [5, 5.41) is 3.19. The van der Waals surface area contributed by atoms with Gasteiger partial charge in [-0.1, -0.05) is 62.4 Å². The Morgan fingerprint density at radius 3 is 2.21 bits per heavy atom. The molecule has 0 atom stereocenters. The molecule has 10 heteroatoms. The number of thiophene rings is 1. The number of hydrogen-bond donors (Lipinski definition) is 1. The number of aromatic nitrogens is 1. The van der Waals surface area contributed by atoms with Crippen LogP contribution >= 0.6 is 11.3 Å². The molecule has 0 fully saturated rings. The maximum absolute atomic E-state index is 15.0. The van der Waals surface area contributed by atoms with Crippen molar-refractivity contribution in [1.82, 2.24) is 9.47 Å². The molecule has 0 aliphatic heterocycles. The number of hydrogen-bond acceptors (Lipinski definition) is 6. The van der Waals surface area contributed by atoms with Crippen LogP contribution in [0.25, 0.3) is 20.7 Å². The lowest BCUT2D eigenvalue weighted by atomic mass is 10.0. The van der Waals surface area contributed by atoms with Crippen LogP contribution in [0.1, 0.15) is 53.5 Å². The highest BCUT2D eigenvalue weighted by atomic mass is 32.1. The van der Waals surface area contributed by atoms with E-state index < -0.39 is 23.0 Å². The van der Waals surface area contributed by atoms with Crippen LogP contribution in [0.2, 0.25) is 0 Å². The van der Waals surface area contributed by atoms with Crippen molar-refractivity contribution in [3.8, 4) is 10.4 Å². The monoisotopic (exact) mass is 657 g/mol. The zero-order chi connectivity index (χ0) is 33.8. The van der Waals surface area contributed by atoms with Gasteiger partial charge in [0.1, 0.15) is 22.0 Å². The molecule has 7 nitrogen and oxygen atoms in total. The number of fused-ring (bicyclic) bond motifs is 1. The van der Waals surface area contributed by atoms with Gasteiger partial charge in [0, 0.05) is 40.8 Å². The molecule has 0 unspecified atom stereocenters. The average molecular weight is 658 g/mol. The van der Waals surface area contributed by atoms with Gasteiger partial charge in [-0.25, -0.2) is 13.6 Å². The van der Waals surface area contributed by atoms with Crippen LogP contribution in [0.15, 0.2) is 77.6 Å². The third-order valence-electron chi connectivity index (χ3n) is 7.97. The summed E-state index contributed by atoms with van der Waals surface area (Å²) in [7, 11) is 1.94. The summed E-state index contributed by atoms with van der Waals surface area (Å²) in [4.78, 5) is 43.2. The molecule has 3 aromatic carbocycles. The van der Waals surface area contributed by atoms with Gasteiger partial charge in [-0.3, -0.25) is 14.5 Å². The number of nitrogens with zero attached hydrogens (tertiary/aromatic N) is 2. The molecule has 0 saturated heterocycles. The highest BCUT2D eigenvalue weighted by molar-refractivity contribution is 7.22. The van der Waals surface area contributed by atoms with Gasteiger partial charge in [0.2, 0.25) is 11.3 Å². The van der Waals surface area contributed by atoms with Crippen LogP contribution in [0, 0.1) is 24.5 Å². The first kappa shape index (κ1) is 33.7. The smallest absolute Gasteiger partial charge is 0.343 e. The summed E-state index contributed by atoms with van der Waals surface area (Å²) in [5.41, 5.74) is 2.59. The Balaban J connectivity index is 1.75. The second-order valence-electron chi connectivity index (χ2n) is 11.8. The van der Waals surface area contributed by atoms with Crippen molar-refractivity contribution in [3.05, 3.63) is 123 Å². The minimum absolute atomic E-state index is 0.0545. The number of pyridine rings is 1. The van der Waals surface area contributed by atoms with E-state index in [1.54, 1.807) is 30.5 Å². The molecule has 0 radical (unpaired) electrons. The first-order valence-electron chi connectivity index (χ1n) is 15.4. The summed E-state index contributed by atoms with van der Waals surface area (Å²) in [6.07, 6.45) is 0. The number of rotatable bonds is 11. The van der Waals surface area contributed by atoms with Gasteiger partial charge in [0.25, 0.3) is 0 Å². The van der Waals surface area contributed by atoms with Crippen molar-refractivity contribution in [2.75, 3.05) is 19.0 Å². The largest absolute Gasteiger partial charge is 0.462 e. The van der Waals surface area contributed by atoms with Gasteiger partial charge >= 0.3 is 5.97 Å². The number of ether oxygens (including phenoxy) is 1. The predicted octanol–water partition coefficient (Wildman–Crippen LogP) is 7.77. The zero-order valence-electron chi connectivity index (χ0n) is 27.0. The molecule has 0 aliphatic rings. The van der Waals surface area contributed by atoms with Crippen molar-refractivity contribution >= 4 is 39.1 Å². The van der Waals surface area contributed by atoms with Gasteiger partial charge in [0.05, 0.1) is 18.5 Å². The fraction of sp³-hybridized carbons (Fsp3) is 0.270. The molecule has 5 aromatic rings. The van der Waals surface area contributed by atoms with E-state index in [9.17, 15) is 23.2 Å². The third kappa shape index (κ3) is 7.18. The first-order valence-corrected chi connectivity index (χ1v) is 16.2. The van der Waals surface area contributed by atoms with Crippen LogP contribution in [-0.2, 0) is 29.2 Å². The number of carbonyl (C=O) groups is 2. The lowest BCUT2D eigenvalue weighted by molar-refractivity contribution is -0.118. The van der Waals surface area contributed by atoms with E-state index in [0.717, 1.165) is 16.0 Å². The van der Waals surface area contributed by atoms with Crippen LogP contribution < -0.4 is 10.7 Å². The number of nitrogens with one attached hydrogen (secondary N) is 1. The summed E-state index contributed by atoms with van der Waals surface area (Å²) >= 11 is 1.32. The molecule has 1 N–H and O–H groups in total. The predicted molar refractivity (Wildman–Crippen MR) is 183 cm³/mol. The van der Waals surface area contributed by atoms with Crippen molar-refractivity contribution in [1.29, 1.82) is 0 Å². The molecular formula is C37H37F2N3O4S. The van der Waals surface area contributed by atoms with Crippen LogP contribution in [0.3, 0.4) is 0 Å². The Kier molecular flexibility index (Phi) is 10.3. The van der Waals surface area contributed by atoms with Gasteiger partial charge in [-0.15, -0.1) is 11.3 Å². The molecular weight excluding hydrogens is 620 g/mol. The van der Waals surface area contributed by atoms with Crippen molar-refractivity contribution in [2.45, 2.75) is 47.3 Å². The van der Waals surface area contributed by atoms with E-state index in [1.165, 1.54) is 29.5 Å². The SMILES string of the molecule is CCOC(=O)c1c(C)n(Cc2c(F)cccc2F)c2sc(-c3ccc(NC(=O)C(C)C)cc3)c(CN(C)Cc3ccccc3)c2c1=O. The van der Waals surface area contributed by atoms with Crippen LogP contribution in [0.4, 0.5) is 14.5 Å². The molecule has 0 spiro atoms. The number of halogens is 2. The first-order chi connectivity index (χ1) is 22.5. The topological polar surface area (TPSA) is 80.6 Å². The molecule has 0 aliphatic carbocycles. The minimum atomic E-state index is -0.791. The molecule has 244 valence electrons. The minimum Gasteiger partial charge on any atom is -0.462 e. The van der Waals surface area contributed by atoms with Gasteiger partial charge < -0.3 is 14.6 Å². The van der Waals surface area contributed by atoms with E-state index in [-0.39, 0.29) is 41.8 Å². The molecule has 0 bridgehead atoms. The fourth-order valence-electron chi connectivity index (χ4n) is 5.52. The second kappa shape index (κ2) is 14.4. The second-order valence-corrected chi connectivity index (χ2v) is 12.8. The van der Waals surface area contributed by atoms with E-state index in [1.807, 2.05) is 63.4 Å². The standard InChI is InChI=1S/C37H37F2N3O4S/c1-6-46-37(45)31-23(4)42(21-27-29(38)13-10-14-30(27)39)36-32(33(31)43)28(20-41(5)19-24-11-8-7-9-12-24)34(47-36)25-15-17-26(18-16-25)40-35(44)22(2)3/h7-18,22H,6,19-21H2,1-5H3,(H,40,44). The van der Waals surface area contributed by atoms with Crippen LogP contribution in [-0.4, -0.2) is 35.0 Å². The maximum atomic E-state index is 15.0. The highest BCUT2D eigenvalue weighted by Gasteiger charge is 2.28. The Hall–Kier alpha value is -4.67. The Morgan fingerprint density at radius 2 is 1.60 bits per heavy atom. The number of amides is 1. The number of benzene rings is 3. The quantitative estimate of drug-likeness (QED) is 0.147. The maximum Gasteiger partial charge on any atom is 0.343 e. The summed E-state index contributed by atoms with van der Waals surface area (Å²) in [5.74, 6) is -2.55. The lowest BCUT2D eigenvalue weighted by Gasteiger charge is -2.19. The van der Waals surface area contributed by atoms with Crippen molar-refractivity contribution in [3.63, 3.8) is 0 Å². The Bertz CT molecular complexity index is 1970. The average Bonchev–Trinajstić information content (AvgIpc) is 3.40. The molecule has 2 aromatic heterocycles. The highest BCUT2D eigenvalue weighted by Crippen LogP contribution is 2.40. The number of anilines is 1. The van der Waals surface area contributed by atoms with E-state index in [4.69, 9.17) is 4.74 Å². The number of carbonyl (C=O) groups excluding carboxylic acids is 2. The lowest BCUT2D eigenvalue weighted by Crippen LogP contribution is -2.25. The van der Waals surface area contributed by atoms with Gasteiger partial charge in [-0.05, 0) is 61.9 Å². The van der Waals surface area contributed by atoms with Crippen molar-refractivity contribution in [2.24, 2.45) is 5.92 Å². The number of esters is 1. The molecule has 5 rings (SSSR count). The molecule has 0 saturated carbocycles. The fourth-order valence-corrected chi connectivity index (χ4v) is 6.89. The van der Waals surface area contributed by atoms with Gasteiger partial charge in [0.15, 0.2) is 0 Å². The summed E-state index contributed by atoms with van der Waals surface area (Å²) in [6, 6.07) is 20.9. The summed E-state index contributed by atoms with van der Waals surface area (Å²) in [6.45, 7) is 7.61. The molecule has 1 amide bonds. The summed E-state index contributed by atoms with van der Waals surface area (Å²) < 4.78 is 36.9. The third-order valence-corrected chi connectivity index (χ3v) is 9.28. The molecule has 2 heterocycles. The van der Waals surface area contributed by atoms with E-state index in [2.05, 4.69) is 10.2 Å². The Morgan fingerprint density at radius 1 is 0.936 bits per heavy atom. The van der Waals surface area contributed by atoms with E-state index in [0.29, 0.717) is 34.6 Å².